The van der Waals surface area contributed by atoms with Crippen molar-refractivity contribution in [1.29, 1.82) is 0 Å². The van der Waals surface area contributed by atoms with Gasteiger partial charge in [0.05, 0.1) is 18.5 Å². The number of hydrogen-bond donors (Lipinski definition) is 2. The molecule has 0 saturated carbocycles. The van der Waals surface area contributed by atoms with Crippen LogP contribution in [0.1, 0.15) is 22.3 Å². The van der Waals surface area contributed by atoms with Crippen molar-refractivity contribution < 1.29 is 14.7 Å². The van der Waals surface area contributed by atoms with Crippen LogP contribution in [0.2, 0.25) is 0 Å². The Morgan fingerprint density at radius 1 is 1.32 bits per heavy atom. The Hall–Kier alpha value is -2.28. The van der Waals surface area contributed by atoms with E-state index in [1.807, 2.05) is 5.41 Å². The number of fused-ring (bicyclic) bond motifs is 1. The fourth-order valence-electron chi connectivity index (χ4n) is 2.31. The van der Waals surface area contributed by atoms with Gasteiger partial charge in [-0.1, -0.05) is 23.9 Å². The van der Waals surface area contributed by atoms with Crippen LogP contribution in [0, 0.1) is 0 Å². The van der Waals surface area contributed by atoms with E-state index in [0.29, 0.717) is 13.0 Å². The highest BCUT2D eigenvalue weighted by atomic mass is 32.2. The van der Waals surface area contributed by atoms with Crippen LogP contribution in [0.3, 0.4) is 0 Å². The third-order valence-electron chi connectivity index (χ3n) is 3.48. The van der Waals surface area contributed by atoms with Gasteiger partial charge in [0.2, 0.25) is 5.91 Å². The molecule has 2 heterocycles. The quantitative estimate of drug-likeness (QED) is 0.863. The van der Waals surface area contributed by atoms with Gasteiger partial charge in [0.25, 0.3) is 0 Å². The molecule has 0 spiro atoms. The number of rotatable bonds is 5. The molecule has 0 unspecified atom stereocenters. The van der Waals surface area contributed by atoms with E-state index in [1.165, 1.54) is 12.1 Å². The highest BCUT2D eigenvalue weighted by molar-refractivity contribution is 8.16. The second-order valence-corrected chi connectivity index (χ2v) is 5.84. The maximum Gasteiger partial charge on any atom is 0.335 e. The topological polar surface area (TPSA) is 82.0 Å². The third-order valence-corrected chi connectivity index (χ3v) is 4.43. The number of hydrogen-bond acceptors (Lipinski definition) is 5. The SMILES string of the molecule is O=C(CC1=CSC2=NCCN12)NCc1ccc(C(=O)O)cc1. The number of carbonyl (C=O) groups is 2. The van der Waals surface area contributed by atoms with E-state index < -0.39 is 5.97 Å². The highest BCUT2D eigenvalue weighted by Crippen LogP contribution is 2.30. The molecule has 0 atom stereocenters. The second kappa shape index (κ2) is 6.23. The zero-order chi connectivity index (χ0) is 15.5. The summed E-state index contributed by atoms with van der Waals surface area (Å²) in [5.74, 6) is -1.01. The van der Waals surface area contributed by atoms with Crippen molar-refractivity contribution in [2.45, 2.75) is 13.0 Å². The van der Waals surface area contributed by atoms with Crippen LogP contribution in [0.5, 0.6) is 0 Å². The lowest BCUT2D eigenvalue weighted by molar-refractivity contribution is -0.120. The molecule has 2 N–H and O–H groups in total. The molecular weight excluding hydrogens is 302 g/mol. The number of thioether (sulfide) groups is 1. The van der Waals surface area contributed by atoms with Crippen LogP contribution < -0.4 is 5.32 Å². The molecule has 1 aromatic rings. The first-order valence-corrected chi connectivity index (χ1v) is 7.78. The minimum Gasteiger partial charge on any atom is -0.478 e. The molecule has 7 heteroatoms. The number of nitrogens with zero attached hydrogens (tertiary/aromatic N) is 2. The predicted molar refractivity (Wildman–Crippen MR) is 84.5 cm³/mol. The molecule has 22 heavy (non-hydrogen) atoms. The van der Waals surface area contributed by atoms with Crippen LogP contribution in [0.25, 0.3) is 0 Å². The first kappa shape index (κ1) is 14.6. The minimum atomic E-state index is -0.954. The number of carbonyl (C=O) groups excluding carboxylic acids is 1. The summed E-state index contributed by atoms with van der Waals surface area (Å²) >= 11 is 1.56. The third kappa shape index (κ3) is 3.14. The van der Waals surface area contributed by atoms with E-state index in [1.54, 1.807) is 23.9 Å². The zero-order valence-electron chi connectivity index (χ0n) is 11.8. The summed E-state index contributed by atoms with van der Waals surface area (Å²) in [6.45, 7) is 2.02. The van der Waals surface area contributed by atoms with Crippen molar-refractivity contribution in [3.63, 3.8) is 0 Å². The maximum absolute atomic E-state index is 12.0. The Kier molecular flexibility index (Phi) is 4.15. The average Bonchev–Trinajstić information content (AvgIpc) is 3.11. The molecule has 0 aliphatic carbocycles. The van der Waals surface area contributed by atoms with E-state index in [9.17, 15) is 9.59 Å². The van der Waals surface area contributed by atoms with Crippen LogP contribution in [0.4, 0.5) is 0 Å². The number of carboxylic acids is 1. The van der Waals surface area contributed by atoms with Crippen LogP contribution in [-0.2, 0) is 11.3 Å². The predicted octanol–water partition coefficient (Wildman–Crippen LogP) is 1.65. The lowest BCUT2D eigenvalue weighted by Gasteiger charge is -2.16. The molecule has 2 aliphatic heterocycles. The molecule has 0 bridgehead atoms. The average molecular weight is 317 g/mol. The van der Waals surface area contributed by atoms with Gasteiger partial charge in [-0.25, -0.2) is 4.79 Å². The summed E-state index contributed by atoms with van der Waals surface area (Å²) < 4.78 is 0. The standard InChI is InChI=1S/C15H15N3O3S/c19-13(7-12-9-22-15-16-5-6-18(12)15)17-8-10-1-3-11(4-2-10)14(20)21/h1-4,9H,5-8H2,(H,17,19)(H,20,21). The zero-order valence-corrected chi connectivity index (χ0v) is 12.6. The van der Waals surface area contributed by atoms with E-state index >= 15 is 0 Å². The molecule has 0 radical (unpaired) electrons. The van der Waals surface area contributed by atoms with Gasteiger partial charge in [0, 0.05) is 18.8 Å². The number of aromatic carboxylic acids is 1. The summed E-state index contributed by atoms with van der Waals surface area (Å²) in [6, 6.07) is 6.49. The van der Waals surface area contributed by atoms with E-state index in [0.717, 1.165) is 29.5 Å². The van der Waals surface area contributed by atoms with Crippen molar-refractivity contribution in [1.82, 2.24) is 10.2 Å². The normalized spacial score (nSPS) is 16.1. The number of benzene rings is 1. The summed E-state index contributed by atoms with van der Waals surface area (Å²) in [7, 11) is 0. The first-order valence-electron chi connectivity index (χ1n) is 6.90. The molecule has 0 aromatic heterocycles. The maximum atomic E-state index is 12.0. The Balaban J connectivity index is 1.50. The Morgan fingerprint density at radius 3 is 2.82 bits per heavy atom. The minimum absolute atomic E-state index is 0.0534. The van der Waals surface area contributed by atoms with Gasteiger partial charge in [0.1, 0.15) is 0 Å². The van der Waals surface area contributed by atoms with Gasteiger partial charge in [0.15, 0.2) is 5.17 Å². The molecule has 1 amide bonds. The van der Waals surface area contributed by atoms with Crippen molar-refractivity contribution in [2.75, 3.05) is 13.1 Å². The summed E-state index contributed by atoms with van der Waals surface area (Å²) in [6.07, 6.45) is 0.333. The van der Waals surface area contributed by atoms with Gasteiger partial charge in [-0.15, -0.1) is 0 Å². The second-order valence-electron chi connectivity index (χ2n) is 5.00. The van der Waals surface area contributed by atoms with E-state index in [-0.39, 0.29) is 11.5 Å². The van der Waals surface area contributed by atoms with Gasteiger partial charge in [-0.2, -0.15) is 0 Å². The number of amidine groups is 1. The van der Waals surface area contributed by atoms with Crippen LogP contribution >= 0.6 is 11.8 Å². The van der Waals surface area contributed by atoms with Gasteiger partial charge in [-0.05, 0) is 23.1 Å². The van der Waals surface area contributed by atoms with Gasteiger partial charge >= 0.3 is 5.97 Å². The monoisotopic (exact) mass is 317 g/mol. The Bertz CT molecular complexity index is 667. The first-order chi connectivity index (χ1) is 10.6. The van der Waals surface area contributed by atoms with Crippen LogP contribution in [-0.4, -0.2) is 40.1 Å². The lowest BCUT2D eigenvalue weighted by Crippen LogP contribution is -2.28. The Morgan fingerprint density at radius 2 is 2.09 bits per heavy atom. The molecule has 0 fully saturated rings. The molecule has 0 saturated heterocycles. The number of amides is 1. The van der Waals surface area contributed by atoms with Gasteiger partial charge in [-0.3, -0.25) is 9.79 Å². The summed E-state index contributed by atoms with van der Waals surface area (Å²) in [5.41, 5.74) is 2.10. The number of carboxylic acid groups (broad SMARTS) is 1. The molecule has 114 valence electrons. The van der Waals surface area contributed by atoms with Crippen LogP contribution in [0.15, 0.2) is 40.4 Å². The number of aliphatic imine (C=N–C) groups is 1. The number of nitrogens with one attached hydrogen (secondary N) is 1. The smallest absolute Gasteiger partial charge is 0.335 e. The highest BCUT2D eigenvalue weighted by Gasteiger charge is 2.27. The van der Waals surface area contributed by atoms with Crippen molar-refractivity contribution >= 4 is 28.8 Å². The molecule has 2 aliphatic rings. The summed E-state index contributed by atoms with van der Waals surface area (Å²) in [4.78, 5) is 29.2. The fraction of sp³-hybridized carbons (Fsp3) is 0.267. The molecule has 6 nitrogen and oxygen atoms in total. The van der Waals surface area contributed by atoms with Gasteiger partial charge < -0.3 is 15.3 Å². The van der Waals surface area contributed by atoms with E-state index in [4.69, 9.17) is 5.11 Å². The molecule has 1 aromatic carbocycles. The Labute approximate surface area is 131 Å². The molecule has 3 rings (SSSR count). The van der Waals surface area contributed by atoms with E-state index in [2.05, 4.69) is 15.2 Å². The molecular formula is C15H15N3O3S. The summed E-state index contributed by atoms with van der Waals surface area (Å²) in [5, 5.41) is 14.6. The fourth-order valence-corrected chi connectivity index (χ4v) is 3.26. The van der Waals surface area contributed by atoms with Crippen molar-refractivity contribution in [3.8, 4) is 0 Å². The van der Waals surface area contributed by atoms with Crippen molar-refractivity contribution in [2.24, 2.45) is 4.99 Å². The lowest BCUT2D eigenvalue weighted by atomic mass is 10.1. The van der Waals surface area contributed by atoms with Crippen molar-refractivity contribution in [3.05, 3.63) is 46.5 Å². The largest absolute Gasteiger partial charge is 0.478 e.